The molecule has 0 atom stereocenters. The molecule has 118 valence electrons. The van der Waals surface area contributed by atoms with Gasteiger partial charge in [0.1, 0.15) is 0 Å². The van der Waals surface area contributed by atoms with E-state index in [0.717, 1.165) is 19.3 Å². The van der Waals surface area contributed by atoms with Crippen molar-refractivity contribution in [2.45, 2.75) is 39.5 Å². The standard InChI is InChI=1S/C15H22O6/c1-3-5-9-19-15(18)13-12(21-20-10-6-4-2)8-7-11(16)14(13)17/h7-8,16-17H,3-6,9-10H2,1-2H3. The van der Waals surface area contributed by atoms with Gasteiger partial charge < -0.3 is 19.8 Å². The van der Waals surface area contributed by atoms with E-state index in [1.807, 2.05) is 13.8 Å². The summed E-state index contributed by atoms with van der Waals surface area (Å²) in [6.45, 7) is 4.57. The van der Waals surface area contributed by atoms with Crippen molar-refractivity contribution in [1.82, 2.24) is 0 Å². The lowest BCUT2D eigenvalue weighted by Gasteiger charge is -2.12. The number of phenolic OH excluding ortho intramolecular Hbond substituents is 2. The van der Waals surface area contributed by atoms with Gasteiger partial charge in [0.2, 0.25) is 0 Å². The van der Waals surface area contributed by atoms with E-state index in [9.17, 15) is 15.0 Å². The fourth-order valence-electron chi connectivity index (χ4n) is 1.52. The van der Waals surface area contributed by atoms with E-state index < -0.39 is 17.5 Å². The molecular formula is C15H22O6. The van der Waals surface area contributed by atoms with Crippen molar-refractivity contribution in [3.8, 4) is 17.2 Å². The predicted octanol–water partition coefficient (Wildman–Crippen LogP) is 3.17. The number of carbonyl (C=O) groups is 1. The number of hydrogen-bond acceptors (Lipinski definition) is 6. The Morgan fingerprint density at radius 3 is 2.43 bits per heavy atom. The van der Waals surface area contributed by atoms with Gasteiger partial charge in [-0.2, -0.15) is 4.89 Å². The van der Waals surface area contributed by atoms with Crippen LogP contribution >= 0.6 is 0 Å². The molecular weight excluding hydrogens is 276 g/mol. The number of esters is 1. The van der Waals surface area contributed by atoms with Crippen LogP contribution in [0.2, 0.25) is 0 Å². The average Bonchev–Trinajstić information content (AvgIpc) is 2.47. The van der Waals surface area contributed by atoms with Crippen LogP contribution in [0.3, 0.4) is 0 Å². The molecule has 21 heavy (non-hydrogen) atoms. The van der Waals surface area contributed by atoms with Gasteiger partial charge in [-0.3, -0.25) is 0 Å². The minimum atomic E-state index is -0.758. The van der Waals surface area contributed by atoms with Gasteiger partial charge in [-0.05, 0) is 25.0 Å². The monoisotopic (exact) mass is 298 g/mol. The normalized spacial score (nSPS) is 10.4. The van der Waals surface area contributed by atoms with Crippen LogP contribution in [0.4, 0.5) is 0 Å². The molecule has 6 heteroatoms. The smallest absolute Gasteiger partial charge is 0.346 e. The molecule has 0 fully saturated rings. The lowest BCUT2D eigenvalue weighted by molar-refractivity contribution is -0.207. The van der Waals surface area contributed by atoms with Crippen LogP contribution in [-0.2, 0) is 9.62 Å². The number of hydrogen-bond donors (Lipinski definition) is 2. The zero-order valence-electron chi connectivity index (χ0n) is 12.4. The van der Waals surface area contributed by atoms with Gasteiger partial charge in [0.25, 0.3) is 0 Å². The molecule has 0 aromatic heterocycles. The molecule has 1 rings (SSSR count). The van der Waals surface area contributed by atoms with E-state index in [1.165, 1.54) is 12.1 Å². The van der Waals surface area contributed by atoms with E-state index >= 15 is 0 Å². The van der Waals surface area contributed by atoms with Crippen molar-refractivity contribution in [1.29, 1.82) is 0 Å². The maximum atomic E-state index is 12.0. The molecule has 0 spiro atoms. The summed E-state index contributed by atoms with van der Waals surface area (Å²) >= 11 is 0. The van der Waals surface area contributed by atoms with E-state index in [-0.39, 0.29) is 17.9 Å². The Hall–Kier alpha value is -1.95. The van der Waals surface area contributed by atoms with E-state index in [4.69, 9.17) is 14.5 Å². The van der Waals surface area contributed by atoms with Gasteiger partial charge >= 0.3 is 5.97 Å². The minimum absolute atomic E-state index is 0.0166. The van der Waals surface area contributed by atoms with Crippen molar-refractivity contribution in [3.63, 3.8) is 0 Å². The van der Waals surface area contributed by atoms with Crippen LogP contribution in [0.15, 0.2) is 12.1 Å². The Balaban J connectivity index is 2.82. The molecule has 0 heterocycles. The minimum Gasteiger partial charge on any atom is -0.504 e. The summed E-state index contributed by atoms with van der Waals surface area (Å²) in [5.41, 5.74) is -0.234. The Morgan fingerprint density at radius 2 is 1.76 bits per heavy atom. The summed E-state index contributed by atoms with van der Waals surface area (Å²) in [6, 6.07) is 2.56. The first-order valence-electron chi connectivity index (χ1n) is 7.13. The van der Waals surface area contributed by atoms with Crippen LogP contribution < -0.4 is 4.89 Å². The van der Waals surface area contributed by atoms with Crippen LogP contribution in [0.25, 0.3) is 0 Å². The molecule has 6 nitrogen and oxygen atoms in total. The highest BCUT2D eigenvalue weighted by Crippen LogP contribution is 2.36. The number of rotatable bonds is 9. The van der Waals surface area contributed by atoms with Crippen molar-refractivity contribution < 1.29 is 29.5 Å². The second kappa shape index (κ2) is 9.07. The number of benzene rings is 1. The largest absolute Gasteiger partial charge is 0.504 e. The lowest BCUT2D eigenvalue weighted by atomic mass is 10.1. The molecule has 1 aromatic carbocycles. The Bertz CT molecular complexity index is 458. The van der Waals surface area contributed by atoms with Crippen LogP contribution in [0, 0.1) is 0 Å². The summed E-state index contributed by atoms with van der Waals surface area (Å²) in [4.78, 5) is 22.0. The molecule has 1 aromatic rings. The number of aromatic hydroxyl groups is 2. The van der Waals surface area contributed by atoms with Crippen LogP contribution in [0.5, 0.6) is 17.2 Å². The number of phenols is 2. The second-order valence-electron chi connectivity index (χ2n) is 4.55. The van der Waals surface area contributed by atoms with Gasteiger partial charge in [0.05, 0.1) is 13.2 Å². The van der Waals surface area contributed by atoms with Crippen molar-refractivity contribution in [3.05, 3.63) is 17.7 Å². The average molecular weight is 298 g/mol. The first-order valence-corrected chi connectivity index (χ1v) is 7.13. The van der Waals surface area contributed by atoms with Gasteiger partial charge in [-0.25, -0.2) is 4.79 Å². The van der Waals surface area contributed by atoms with Crippen molar-refractivity contribution in [2.24, 2.45) is 0 Å². The fraction of sp³-hybridized carbons (Fsp3) is 0.533. The van der Waals surface area contributed by atoms with Crippen molar-refractivity contribution >= 4 is 5.97 Å². The first kappa shape index (κ1) is 17.1. The molecule has 2 N–H and O–H groups in total. The summed E-state index contributed by atoms with van der Waals surface area (Å²) in [6.07, 6.45) is 3.34. The highest BCUT2D eigenvalue weighted by Gasteiger charge is 2.23. The number of ether oxygens (including phenoxy) is 1. The summed E-state index contributed by atoms with van der Waals surface area (Å²) in [7, 11) is 0. The fourth-order valence-corrected chi connectivity index (χ4v) is 1.52. The van der Waals surface area contributed by atoms with Gasteiger partial charge in [-0.15, -0.1) is 0 Å². The molecule has 0 saturated heterocycles. The maximum absolute atomic E-state index is 12.0. The summed E-state index contributed by atoms with van der Waals surface area (Å²) in [5.74, 6) is -1.74. The third kappa shape index (κ3) is 5.15. The maximum Gasteiger partial charge on any atom is 0.346 e. The zero-order chi connectivity index (χ0) is 15.7. The molecule has 0 radical (unpaired) electrons. The van der Waals surface area contributed by atoms with Crippen LogP contribution in [0.1, 0.15) is 49.9 Å². The molecule has 0 bridgehead atoms. The zero-order valence-corrected chi connectivity index (χ0v) is 12.4. The topological polar surface area (TPSA) is 85.2 Å². The molecule has 0 unspecified atom stereocenters. The van der Waals surface area contributed by atoms with Crippen LogP contribution in [-0.4, -0.2) is 29.4 Å². The first-order chi connectivity index (χ1) is 10.1. The van der Waals surface area contributed by atoms with Gasteiger partial charge in [0, 0.05) is 0 Å². The molecule has 0 aliphatic heterocycles. The van der Waals surface area contributed by atoms with E-state index in [1.54, 1.807) is 0 Å². The Kier molecular flexibility index (Phi) is 7.39. The highest BCUT2D eigenvalue weighted by molar-refractivity contribution is 5.96. The lowest BCUT2D eigenvalue weighted by Crippen LogP contribution is -2.10. The molecule has 0 amide bonds. The Morgan fingerprint density at radius 1 is 1.10 bits per heavy atom. The van der Waals surface area contributed by atoms with E-state index in [0.29, 0.717) is 13.0 Å². The molecule has 0 aliphatic rings. The van der Waals surface area contributed by atoms with Gasteiger partial charge in [0.15, 0.2) is 22.8 Å². The van der Waals surface area contributed by atoms with E-state index in [2.05, 4.69) is 0 Å². The number of carbonyl (C=O) groups excluding carboxylic acids is 1. The summed E-state index contributed by atoms with van der Waals surface area (Å²) < 4.78 is 5.03. The Labute approximate surface area is 124 Å². The van der Waals surface area contributed by atoms with Gasteiger partial charge in [-0.1, -0.05) is 26.7 Å². The number of unbranched alkanes of at least 4 members (excludes halogenated alkanes) is 2. The quantitative estimate of drug-likeness (QED) is 0.239. The third-order valence-corrected chi connectivity index (χ3v) is 2.78. The molecule has 0 saturated carbocycles. The third-order valence-electron chi connectivity index (χ3n) is 2.78. The van der Waals surface area contributed by atoms with Crippen molar-refractivity contribution in [2.75, 3.05) is 13.2 Å². The predicted molar refractivity (Wildman–Crippen MR) is 76.5 cm³/mol. The second-order valence-corrected chi connectivity index (χ2v) is 4.55. The highest BCUT2D eigenvalue weighted by atomic mass is 17.2. The molecule has 0 aliphatic carbocycles. The summed E-state index contributed by atoms with van der Waals surface area (Å²) in [5, 5.41) is 19.3. The SMILES string of the molecule is CCCCOOc1ccc(O)c(O)c1C(=O)OCCCC.